The molecule has 2 heteroatoms. The summed E-state index contributed by atoms with van der Waals surface area (Å²) in [5, 5.41) is 0. The van der Waals surface area contributed by atoms with Crippen molar-refractivity contribution in [3.63, 3.8) is 0 Å². The van der Waals surface area contributed by atoms with Gasteiger partial charge in [0.15, 0.2) is 0 Å². The van der Waals surface area contributed by atoms with Crippen molar-refractivity contribution >= 4 is 0 Å². The smallest absolute Gasteiger partial charge is 0.0118 e. The second-order valence-electron chi connectivity index (χ2n) is 7.26. The lowest BCUT2D eigenvalue weighted by Gasteiger charge is -2.28. The minimum atomic E-state index is 0.810. The molecular weight excluding hydrogens is 220 g/mol. The number of rotatable bonds is 4. The van der Waals surface area contributed by atoms with Gasteiger partial charge in [-0.1, -0.05) is 20.8 Å². The first-order valence-electron chi connectivity index (χ1n) is 7.89. The van der Waals surface area contributed by atoms with E-state index in [1.165, 1.54) is 38.8 Å². The summed E-state index contributed by atoms with van der Waals surface area (Å²) in [5.41, 5.74) is 0. The van der Waals surface area contributed by atoms with Gasteiger partial charge in [-0.2, -0.15) is 0 Å². The van der Waals surface area contributed by atoms with Crippen molar-refractivity contribution in [3.8, 4) is 0 Å². The van der Waals surface area contributed by atoms with Crippen molar-refractivity contribution in [1.82, 2.24) is 9.80 Å². The predicted octanol–water partition coefficient (Wildman–Crippen LogP) is 3.08. The van der Waals surface area contributed by atoms with Crippen LogP contribution in [0.15, 0.2) is 0 Å². The van der Waals surface area contributed by atoms with Crippen molar-refractivity contribution in [3.05, 3.63) is 0 Å². The maximum absolute atomic E-state index is 2.60. The molecule has 0 radical (unpaired) electrons. The fourth-order valence-electron chi connectivity index (χ4n) is 4.43. The summed E-state index contributed by atoms with van der Waals surface area (Å²) in [5.74, 6) is 2.62. The SMILES string of the molecule is CC(C)C1CC(CC(C)C2CCCN2C)CN1C. The Bertz CT molecular complexity index is 264. The molecule has 18 heavy (non-hydrogen) atoms. The molecule has 2 fully saturated rings. The summed E-state index contributed by atoms with van der Waals surface area (Å²) in [4.78, 5) is 5.18. The summed E-state index contributed by atoms with van der Waals surface area (Å²) in [6.07, 6.45) is 5.69. The van der Waals surface area contributed by atoms with Crippen LogP contribution >= 0.6 is 0 Å². The number of hydrogen-bond donors (Lipinski definition) is 0. The Morgan fingerprint density at radius 3 is 2.28 bits per heavy atom. The van der Waals surface area contributed by atoms with Crippen molar-refractivity contribution in [2.24, 2.45) is 17.8 Å². The minimum absolute atomic E-state index is 0.810. The van der Waals surface area contributed by atoms with Gasteiger partial charge in [-0.15, -0.1) is 0 Å². The van der Waals surface area contributed by atoms with Gasteiger partial charge in [-0.25, -0.2) is 0 Å². The highest BCUT2D eigenvalue weighted by Gasteiger charge is 2.34. The Kier molecular flexibility index (Phi) is 4.71. The first-order valence-corrected chi connectivity index (χ1v) is 7.89. The third kappa shape index (κ3) is 3.08. The molecule has 0 aliphatic carbocycles. The highest BCUT2D eigenvalue weighted by atomic mass is 15.2. The van der Waals surface area contributed by atoms with Crippen LogP contribution in [-0.4, -0.2) is 49.1 Å². The Labute approximate surface area is 114 Å². The molecule has 2 aliphatic rings. The second kappa shape index (κ2) is 5.92. The fourth-order valence-corrected chi connectivity index (χ4v) is 4.43. The Morgan fingerprint density at radius 1 is 1.06 bits per heavy atom. The molecule has 2 aliphatic heterocycles. The molecule has 0 aromatic rings. The van der Waals surface area contributed by atoms with Gasteiger partial charge in [0.25, 0.3) is 0 Å². The van der Waals surface area contributed by atoms with Gasteiger partial charge in [0, 0.05) is 18.6 Å². The largest absolute Gasteiger partial charge is 0.303 e. The van der Waals surface area contributed by atoms with Crippen molar-refractivity contribution in [1.29, 1.82) is 0 Å². The fraction of sp³-hybridized carbons (Fsp3) is 1.00. The molecule has 2 saturated heterocycles. The average Bonchev–Trinajstić information content (AvgIpc) is 2.84. The van der Waals surface area contributed by atoms with Crippen LogP contribution in [0.3, 0.4) is 0 Å². The maximum Gasteiger partial charge on any atom is 0.0118 e. The molecule has 0 aromatic carbocycles. The van der Waals surface area contributed by atoms with E-state index in [9.17, 15) is 0 Å². The zero-order valence-electron chi connectivity index (χ0n) is 13.0. The molecule has 0 amide bonds. The standard InChI is InChI=1S/C16H32N2/c1-12(2)16-10-14(11-18(16)5)9-13(3)15-7-6-8-17(15)4/h12-16H,6-11H2,1-5H3. The third-order valence-electron chi connectivity index (χ3n) is 5.40. The monoisotopic (exact) mass is 252 g/mol. The summed E-state index contributed by atoms with van der Waals surface area (Å²) < 4.78 is 0. The average molecular weight is 252 g/mol. The van der Waals surface area contributed by atoms with Crippen LogP contribution in [0, 0.1) is 17.8 Å². The van der Waals surface area contributed by atoms with Crippen LogP contribution in [-0.2, 0) is 0 Å². The van der Waals surface area contributed by atoms with Crippen LogP contribution in [0.1, 0.15) is 46.5 Å². The van der Waals surface area contributed by atoms with Gasteiger partial charge < -0.3 is 9.80 Å². The van der Waals surface area contributed by atoms with Crippen LogP contribution in [0.25, 0.3) is 0 Å². The van der Waals surface area contributed by atoms with Gasteiger partial charge in [0.1, 0.15) is 0 Å². The number of hydrogen-bond acceptors (Lipinski definition) is 2. The van der Waals surface area contributed by atoms with E-state index in [0.717, 1.165) is 29.8 Å². The molecule has 0 N–H and O–H groups in total. The van der Waals surface area contributed by atoms with Gasteiger partial charge in [-0.3, -0.25) is 0 Å². The molecule has 2 heterocycles. The van der Waals surface area contributed by atoms with Crippen LogP contribution in [0.2, 0.25) is 0 Å². The highest BCUT2D eigenvalue weighted by molar-refractivity contribution is 4.89. The van der Waals surface area contributed by atoms with E-state index < -0.39 is 0 Å². The van der Waals surface area contributed by atoms with Crippen molar-refractivity contribution in [2.45, 2.75) is 58.5 Å². The van der Waals surface area contributed by atoms with Gasteiger partial charge in [0.05, 0.1) is 0 Å². The molecule has 2 nitrogen and oxygen atoms in total. The van der Waals surface area contributed by atoms with E-state index in [1.54, 1.807) is 0 Å². The van der Waals surface area contributed by atoms with Crippen molar-refractivity contribution < 1.29 is 0 Å². The predicted molar refractivity (Wildman–Crippen MR) is 78.8 cm³/mol. The minimum Gasteiger partial charge on any atom is -0.303 e. The molecule has 0 spiro atoms. The lowest BCUT2D eigenvalue weighted by molar-refractivity contribution is 0.209. The third-order valence-corrected chi connectivity index (χ3v) is 5.40. The zero-order valence-corrected chi connectivity index (χ0v) is 13.0. The number of nitrogens with zero attached hydrogens (tertiary/aromatic N) is 2. The molecule has 2 rings (SSSR count). The Morgan fingerprint density at radius 2 is 1.78 bits per heavy atom. The number of likely N-dealkylation sites (tertiary alicyclic amines) is 2. The quantitative estimate of drug-likeness (QED) is 0.758. The Hall–Kier alpha value is -0.0800. The first kappa shape index (κ1) is 14.3. The topological polar surface area (TPSA) is 6.48 Å². The molecule has 4 atom stereocenters. The summed E-state index contributed by atoms with van der Waals surface area (Å²) in [7, 11) is 4.63. The van der Waals surface area contributed by atoms with E-state index in [4.69, 9.17) is 0 Å². The van der Waals surface area contributed by atoms with E-state index in [2.05, 4.69) is 44.7 Å². The molecule has 106 valence electrons. The molecule has 0 aromatic heterocycles. The van der Waals surface area contributed by atoms with E-state index in [0.29, 0.717) is 0 Å². The summed E-state index contributed by atoms with van der Waals surface area (Å²) in [6.45, 7) is 9.86. The highest BCUT2D eigenvalue weighted by Crippen LogP contribution is 2.34. The second-order valence-corrected chi connectivity index (χ2v) is 7.26. The maximum atomic E-state index is 2.60. The molecular formula is C16H32N2. The normalized spacial score (nSPS) is 36.7. The van der Waals surface area contributed by atoms with Crippen LogP contribution in [0.5, 0.6) is 0 Å². The van der Waals surface area contributed by atoms with E-state index in [-0.39, 0.29) is 0 Å². The Balaban J connectivity index is 1.83. The molecule has 4 unspecified atom stereocenters. The summed E-state index contributed by atoms with van der Waals surface area (Å²) in [6, 6.07) is 1.68. The van der Waals surface area contributed by atoms with Gasteiger partial charge >= 0.3 is 0 Å². The zero-order chi connectivity index (χ0) is 13.3. The lowest BCUT2D eigenvalue weighted by atomic mass is 9.86. The molecule has 0 bridgehead atoms. The summed E-state index contributed by atoms with van der Waals surface area (Å²) >= 11 is 0. The molecule has 0 saturated carbocycles. The van der Waals surface area contributed by atoms with E-state index >= 15 is 0 Å². The lowest BCUT2D eigenvalue weighted by Crippen LogP contribution is -2.32. The van der Waals surface area contributed by atoms with Crippen molar-refractivity contribution in [2.75, 3.05) is 27.2 Å². The van der Waals surface area contributed by atoms with Gasteiger partial charge in [0.2, 0.25) is 0 Å². The van der Waals surface area contributed by atoms with E-state index in [1.807, 2.05) is 0 Å². The van der Waals surface area contributed by atoms with Crippen LogP contribution < -0.4 is 0 Å². The van der Waals surface area contributed by atoms with Crippen LogP contribution in [0.4, 0.5) is 0 Å². The first-order chi connectivity index (χ1) is 8.49. The van der Waals surface area contributed by atoms with Gasteiger partial charge in [-0.05, 0) is 64.1 Å².